The van der Waals surface area contributed by atoms with Crippen molar-refractivity contribution in [3.8, 4) is 5.75 Å². The fraction of sp³-hybridized carbons (Fsp3) is 0.280. The number of halogens is 1. The molecule has 0 atom stereocenters. The van der Waals surface area contributed by atoms with E-state index >= 15 is 0 Å². The van der Waals surface area contributed by atoms with Crippen molar-refractivity contribution in [2.24, 2.45) is 0 Å². The van der Waals surface area contributed by atoms with E-state index in [2.05, 4.69) is 34.3 Å². The summed E-state index contributed by atoms with van der Waals surface area (Å²) in [4.78, 5) is 4.51. The van der Waals surface area contributed by atoms with Crippen LogP contribution >= 0.6 is 0 Å². The first-order chi connectivity index (χ1) is 14.7. The number of anilines is 2. The van der Waals surface area contributed by atoms with Gasteiger partial charge in [0.15, 0.2) is 5.75 Å². The molecule has 1 aliphatic heterocycles. The Labute approximate surface area is 177 Å². The molecule has 1 saturated heterocycles. The summed E-state index contributed by atoms with van der Waals surface area (Å²) < 4.78 is 20.9. The highest BCUT2D eigenvalue weighted by molar-refractivity contribution is 5.72. The molecule has 0 amide bonds. The van der Waals surface area contributed by atoms with Gasteiger partial charge in [-0.25, -0.2) is 4.39 Å². The van der Waals surface area contributed by atoms with Gasteiger partial charge in [-0.3, -0.25) is 0 Å². The number of nitrogens with zero attached hydrogens (tertiary/aromatic N) is 2. The van der Waals surface area contributed by atoms with E-state index in [1.165, 1.54) is 6.07 Å². The van der Waals surface area contributed by atoms with Crippen molar-refractivity contribution >= 4 is 11.4 Å². The average Bonchev–Trinajstić information content (AvgIpc) is 2.78. The maximum absolute atomic E-state index is 14.6. The summed E-state index contributed by atoms with van der Waals surface area (Å²) in [6.07, 6.45) is 0. The molecule has 1 N–H and O–H groups in total. The Morgan fingerprint density at radius 3 is 2.17 bits per heavy atom. The molecule has 0 spiro atoms. The molecule has 1 fully saturated rings. The molecule has 3 aromatic carbocycles. The molecule has 30 heavy (non-hydrogen) atoms. The van der Waals surface area contributed by atoms with E-state index < -0.39 is 0 Å². The Bertz CT molecular complexity index is 941. The minimum absolute atomic E-state index is 0.258. The second-order valence-corrected chi connectivity index (χ2v) is 7.71. The molecule has 0 bridgehead atoms. The monoisotopic (exact) mass is 405 g/mol. The first-order valence-electron chi connectivity index (χ1n) is 10.4. The average molecular weight is 406 g/mol. The van der Waals surface area contributed by atoms with E-state index in [1.54, 1.807) is 6.07 Å². The predicted molar refractivity (Wildman–Crippen MR) is 121 cm³/mol. The third-order valence-corrected chi connectivity index (χ3v) is 5.43. The topological polar surface area (TPSA) is 27.7 Å². The number of ether oxygens (including phenoxy) is 1. The number of hydrogen-bond acceptors (Lipinski definition) is 4. The SMILES string of the molecule is CN1CCN(c2cc(F)cc(NCc3ccccc3)c2OCc2ccccc2)CC1. The van der Waals surface area contributed by atoms with Gasteiger partial charge < -0.3 is 19.9 Å². The molecule has 0 unspecified atom stereocenters. The van der Waals surface area contributed by atoms with Crippen LogP contribution < -0.4 is 15.0 Å². The van der Waals surface area contributed by atoms with E-state index in [1.807, 2.05) is 48.5 Å². The van der Waals surface area contributed by atoms with Crippen molar-refractivity contribution in [1.29, 1.82) is 0 Å². The Balaban J connectivity index is 1.62. The largest absolute Gasteiger partial charge is 0.485 e. The lowest BCUT2D eigenvalue weighted by Crippen LogP contribution is -2.44. The maximum Gasteiger partial charge on any atom is 0.166 e. The third-order valence-electron chi connectivity index (χ3n) is 5.43. The normalized spacial score (nSPS) is 14.5. The maximum atomic E-state index is 14.6. The van der Waals surface area contributed by atoms with Gasteiger partial charge in [0.2, 0.25) is 0 Å². The molecule has 5 heteroatoms. The molecule has 1 aliphatic rings. The lowest BCUT2D eigenvalue weighted by Gasteiger charge is -2.35. The van der Waals surface area contributed by atoms with Gasteiger partial charge in [-0.05, 0) is 18.2 Å². The molecule has 1 heterocycles. The van der Waals surface area contributed by atoms with Gasteiger partial charge in [0.05, 0.1) is 11.4 Å². The van der Waals surface area contributed by atoms with Gasteiger partial charge in [-0.15, -0.1) is 0 Å². The third kappa shape index (κ3) is 5.10. The summed E-state index contributed by atoms with van der Waals surface area (Å²) in [5.74, 6) is 0.451. The van der Waals surface area contributed by atoms with Gasteiger partial charge in [-0.2, -0.15) is 0 Å². The zero-order chi connectivity index (χ0) is 20.8. The van der Waals surface area contributed by atoms with Crippen molar-refractivity contribution in [3.05, 3.63) is 89.7 Å². The van der Waals surface area contributed by atoms with Gasteiger partial charge in [0, 0.05) is 44.9 Å². The lowest BCUT2D eigenvalue weighted by molar-refractivity contribution is 0.296. The van der Waals surface area contributed by atoms with Crippen LogP contribution in [0.15, 0.2) is 72.8 Å². The summed E-state index contributed by atoms with van der Waals surface area (Å²) in [5.41, 5.74) is 3.72. The van der Waals surface area contributed by atoms with E-state index in [0.717, 1.165) is 43.0 Å². The smallest absolute Gasteiger partial charge is 0.166 e. The van der Waals surface area contributed by atoms with Gasteiger partial charge in [0.1, 0.15) is 12.4 Å². The Morgan fingerprint density at radius 1 is 0.867 bits per heavy atom. The summed E-state index contributed by atoms with van der Waals surface area (Å²) in [6.45, 7) is 4.63. The number of piperazine rings is 1. The molecule has 0 saturated carbocycles. The van der Waals surface area contributed by atoms with Crippen LogP contribution in [-0.2, 0) is 13.2 Å². The zero-order valence-electron chi connectivity index (χ0n) is 17.4. The summed E-state index contributed by atoms with van der Waals surface area (Å²) in [6, 6.07) is 23.3. The van der Waals surface area contributed by atoms with Crippen LogP contribution in [0.25, 0.3) is 0 Å². The molecule has 4 rings (SSSR count). The molecule has 3 aromatic rings. The minimum atomic E-state index is -0.258. The predicted octanol–water partition coefficient (Wildman–Crippen LogP) is 4.77. The van der Waals surface area contributed by atoms with Crippen LogP contribution in [0, 0.1) is 5.82 Å². The number of benzene rings is 3. The summed E-state index contributed by atoms with van der Waals surface area (Å²) in [7, 11) is 2.11. The second kappa shape index (κ2) is 9.63. The number of nitrogens with one attached hydrogen (secondary N) is 1. The van der Waals surface area contributed by atoms with Gasteiger partial charge in [-0.1, -0.05) is 60.7 Å². The number of likely N-dealkylation sites (N-methyl/N-ethyl adjacent to an activating group) is 1. The quantitative estimate of drug-likeness (QED) is 0.613. The van der Waals surface area contributed by atoms with Crippen LogP contribution in [0.3, 0.4) is 0 Å². The first-order valence-corrected chi connectivity index (χ1v) is 10.4. The van der Waals surface area contributed by atoms with E-state index in [9.17, 15) is 4.39 Å². The highest BCUT2D eigenvalue weighted by Gasteiger charge is 2.21. The van der Waals surface area contributed by atoms with E-state index in [4.69, 9.17) is 4.74 Å². The van der Waals surface area contributed by atoms with Crippen molar-refractivity contribution in [3.63, 3.8) is 0 Å². The zero-order valence-corrected chi connectivity index (χ0v) is 17.4. The summed E-state index contributed by atoms with van der Waals surface area (Å²) >= 11 is 0. The molecule has 0 aliphatic carbocycles. The van der Waals surface area contributed by atoms with Crippen LogP contribution in [0.2, 0.25) is 0 Å². The van der Waals surface area contributed by atoms with E-state index in [0.29, 0.717) is 24.6 Å². The van der Waals surface area contributed by atoms with Crippen LogP contribution in [0.4, 0.5) is 15.8 Å². The molecular formula is C25H28FN3O. The Hall–Kier alpha value is -3.05. The van der Waals surface area contributed by atoms with Gasteiger partial charge >= 0.3 is 0 Å². The van der Waals surface area contributed by atoms with Crippen LogP contribution in [0.1, 0.15) is 11.1 Å². The fourth-order valence-electron chi connectivity index (χ4n) is 3.67. The molecule has 0 aromatic heterocycles. The minimum Gasteiger partial charge on any atom is -0.485 e. The Morgan fingerprint density at radius 2 is 1.50 bits per heavy atom. The number of hydrogen-bond donors (Lipinski definition) is 1. The molecular weight excluding hydrogens is 377 g/mol. The second-order valence-electron chi connectivity index (χ2n) is 7.71. The molecule has 4 nitrogen and oxygen atoms in total. The van der Waals surface area contributed by atoms with Crippen LogP contribution in [0.5, 0.6) is 5.75 Å². The first kappa shape index (κ1) is 20.2. The van der Waals surface area contributed by atoms with E-state index in [-0.39, 0.29) is 5.82 Å². The molecule has 0 radical (unpaired) electrons. The van der Waals surface area contributed by atoms with Crippen LogP contribution in [-0.4, -0.2) is 38.1 Å². The van der Waals surface area contributed by atoms with Crippen molar-refractivity contribution in [2.45, 2.75) is 13.2 Å². The fourth-order valence-corrected chi connectivity index (χ4v) is 3.67. The highest BCUT2D eigenvalue weighted by atomic mass is 19.1. The van der Waals surface area contributed by atoms with Gasteiger partial charge in [0.25, 0.3) is 0 Å². The molecule has 156 valence electrons. The summed E-state index contributed by atoms with van der Waals surface area (Å²) in [5, 5.41) is 3.39. The lowest BCUT2D eigenvalue weighted by atomic mass is 10.1. The Kier molecular flexibility index (Phi) is 6.50. The van der Waals surface area contributed by atoms with Crippen molar-refractivity contribution in [2.75, 3.05) is 43.4 Å². The number of rotatable bonds is 7. The van der Waals surface area contributed by atoms with Crippen molar-refractivity contribution < 1.29 is 9.13 Å². The van der Waals surface area contributed by atoms with Crippen molar-refractivity contribution in [1.82, 2.24) is 4.90 Å². The standard InChI is InChI=1S/C25H28FN3O/c1-28-12-14-29(15-13-28)24-17-22(26)16-23(27-18-20-8-4-2-5-9-20)25(24)30-19-21-10-6-3-7-11-21/h2-11,16-17,27H,12-15,18-19H2,1H3. The highest BCUT2D eigenvalue weighted by Crippen LogP contribution is 2.38.